The maximum Gasteiger partial charge on any atom is 0.438 e. The van der Waals surface area contributed by atoms with Crippen molar-refractivity contribution in [2.75, 3.05) is 12.4 Å². The summed E-state index contributed by atoms with van der Waals surface area (Å²) in [4.78, 5) is 29.5. The number of benzene rings is 2. The molecule has 0 bridgehead atoms. The highest BCUT2D eigenvalue weighted by atomic mass is 35.5. The minimum absolute atomic E-state index is 0.0150. The van der Waals surface area contributed by atoms with Gasteiger partial charge in [0.05, 0.1) is 23.2 Å². The zero-order valence-corrected chi connectivity index (χ0v) is 18.6. The Labute approximate surface area is 187 Å². The Hall–Kier alpha value is -3.07. The van der Waals surface area contributed by atoms with Crippen LogP contribution in [0.5, 0.6) is 5.75 Å². The van der Waals surface area contributed by atoms with Crippen molar-refractivity contribution in [3.05, 3.63) is 62.5 Å². The zero-order chi connectivity index (χ0) is 23.8. The third-order valence-corrected chi connectivity index (χ3v) is 5.49. The van der Waals surface area contributed by atoms with Gasteiger partial charge in [0.1, 0.15) is 11.8 Å². The number of rotatable bonds is 5. The number of methoxy groups -OCH3 is 1. The Kier molecular flexibility index (Phi) is 6.50. The first-order chi connectivity index (χ1) is 15.0. The summed E-state index contributed by atoms with van der Waals surface area (Å²) in [6.45, 7) is 5.11. The average Bonchev–Trinajstić information content (AvgIpc) is 2.70. The summed E-state index contributed by atoms with van der Waals surface area (Å²) >= 11 is 6.09. The fraction of sp³-hybridized carbons (Fsp3) is 0.318. The van der Waals surface area contributed by atoms with Crippen molar-refractivity contribution >= 4 is 34.2 Å². The van der Waals surface area contributed by atoms with Crippen LogP contribution in [0.3, 0.4) is 0 Å². The summed E-state index contributed by atoms with van der Waals surface area (Å²) in [5, 5.41) is 2.87. The number of hydrogen-bond donors (Lipinski definition) is 1. The van der Waals surface area contributed by atoms with Gasteiger partial charge in [0.2, 0.25) is 11.6 Å². The first kappa shape index (κ1) is 23.6. The maximum absolute atomic E-state index is 13.6. The molecule has 1 N–H and O–H groups in total. The van der Waals surface area contributed by atoms with Crippen LogP contribution in [0.4, 0.5) is 18.9 Å². The molecule has 6 nitrogen and oxygen atoms in total. The summed E-state index contributed by atoms with van der Waals surface area (Å²) in [6, 6.07) is 6.37. The maximum atomic E-state index is 13.6. The second-order valence-corrected chi connectivity index (χ2v) is 7.73. The van der Waals surface area contributed by atoms with Crippen LogP contribution in [0.25, 0.3) is 11.0 Å². The molecule has 0 saturated heterocycles. The van der Waals surface area contributed by atoms with Crippen LogP contribution in [0.15, 0.2) is 35.1 Å². The predicted octanol–water partition coefficient (Wildman–Crippen LogP) is 5.28. The lowest BCUT2D eigenvalue weighted by Crippen LogP contribution is -2.37. The normalized spacial score (nSPS) is 12.6. The molecule has 1 aromatic heterocycles. The number of alkyl halides is 3. The van der Waals surface area contributed by atoms with Crippen LogP contribution in [0, 0.1) is 13.8 Å². The molecule has 0 aliphatic carbocycles. The Morgan fingerprint density at radius 3 is 2.44 bits per heavy atom. The lowest BCUT2D eigenvalue weighted by Gasteiger charge is -2.22. The van der Waals surface area contributed by atoms with Gasteiger partial charge in [-0.2, -0.15) is 13.2 Å². The van der Waals surface area contributed by atoms with Gasteiger partial charge in [-0.1, -0.05) is 18.5 Å². The van der Waals surface area contributed by atoms with Gasteiger partial charge in [-0.25, -0.2) is 4.98 Å². The first-order valence-corrected chi connectivity index (χ1v) is 10.1. The van der Waals surface area contributed by atoms with Crippen LogP contribution in [-0.2, 0) is 11.0 Å². The van der Waals surface area contributed by atoms with E-state index in [1.54, 1.807) is 32.9 Å². The number of carbonyl (C=O) groups is 1. The van der Waals surface area contributed by atoms with Crippen molar-refractivity contribution in [1.82, 2.24) is 9.55 Å². The summed E-state index contributed by atoms with van der Waals surface area (Å²) in [7, 11) is 1.44. The van der Waals surface area contributed by atoms with E-state index < -0.39 is 29.4 Å². The molecular weight excluding hydrogens is 447 g/mol. The van der Waals surface area contributed by atoms with E-state index in [4.69, 9.17) is 16.3 Å². The molecule has 0 aliphatic heterocycles. The van der Waals surface area contributed by atoms with Crippen LogP contribution in [-0.4, -0.2) is 22.6 Å². The number of ether oxygens (including phenoxy) is 1. The average molecular weight is 468 g/mol. The summed E-state index contributed by atoms with van der Waals surface area (Å²) in [5.74, 6) is -0.261. The Bertz CT molecular complexity index is 1260. The predicted molar refractivity (Wildman–Crippen MR) is 116 cm³/mol. The summed E-state index contributed by atoms with van der Waals surface area (Å²) < 4.78 is 46.6. The number of carbonyl (C=O) groups excluding carboxylic acids is 1. The molecule has 3 aromatic rings. The topological polar surface area (TPSA) is 73.2 Å². The van der Waals surface area contributed by atoms with Gasteiger partial charge >= 0.3 is 6.18 Å². The summed E-state index contributed by atoms with van der Waals surface area (Å²) in [5.41, 5.74) is -1.01. The third-order valence-electron chi connectivity index (χ3n) is 5.19. The molecule has 32 heavy (non-hydrogen) atoms. The van der Waals surface area contributed by atoms with E-state index in [0.717, 1.165) is 10.1 Å². The van der Waals surface area contributed by atoms with Crippen LogP contribution in [0.2, 0.25) is 5.02 Å². The first-order valence-electron chi connectivity index (χ1n) is 9.73. The van der Waals surface area contributed by atoms with E-state index in [0.29, 0.717) is 17.0 Å². The van der Waals surface area contributed by atoms with Crippen LogP contribution in [0.1, 0.15) is 36.2 Å². The number of aromatic nitrogens is 2. The molecule has 1 atom stereocenters. The molecule has 1 amide bonds. The van der Waals surface area contributed by atoms with Crippen molar-refractivity contribution in [2.45, 2.75) is 39.4 Å². The molecule has 1 heterocycles. The van der Waals surface area contributed by atoms with Crippen molar-refractivity contribution in [1.29, 1.82) is 0 Å². The van der Waals surface area contributed by atoms with Crippen molar-refractivity contribution in [3.8, 4) is 5.75 Å². The van der Waals surface area contributed by atoms with E-state index in [9.17, 15) is 22.8 Å². The molecule has 170 valence electrons. The van der Waals surface area contributed by atoms with Gasteiger partial charge < -0.3 is 10.1 Å². The highest BCUT2D eigenvalue weighted by Gasteiger charge is 2.38. The fourth-order valence-electron chi connectivity index (χ4n) is 3.41. The smallest absolute Gasteiger partial charge is 0.438 e. The molecule has 10 heteroatoms. The van der Waals surface area contributed by atoms with Crippen LogP contribution < -0.4 is 15.6 Å². The standard InChI is InChI=1S/C22H21ClF3N3O3/c1-5-16(20(30)27-13-6-7-18(32-4)14(23)10-13)29-17-9-12(3)11(2)8-15(17)28-19(21(29)31)22(24,25)26/h6-10,16H,5H2,1-4H3,(H,27,30). The molecule has 2 aromatic carbocycles. The highest BCUT2D eigenvalue weighted by molar-refractivity contribution is 6.32. The lowest BCUT2D eigenvalue weighted by molar-refractivity contribution is -0.142. The largest absolute Gasteiger partial charge is 0.495 e. The minimum Gasteiger partial charge on any atom is -0.495 e. The molecule has 0 spiro atoms. The monoisotopic (exact) mass is 467 g/mol. The molecule has 0 saturated carbocycles. The Morgan fingerprint density at radius 1 is 1.22 bits per heavy atom. The number of amides is 1. The summed E-state index contributed by atoms with van der Waals surface area (Å²) in [6.07, 6.45) is -4.90. The van der Waals surface area contributed by atoms with Crippen molar-refractivity contribution in [3.63, 3.8) is 0 Å². The van der Waals surface area contributed by atoms with Gasteiger partial charge in [0, 0.05) is 5.69 Å². The van der Waals surface area contributed by atoms with E-state index in [-0.39, 0.29) is 22.5 Å². The number of fused-ring (bicyclic) bond motifs is 1. The van der Waals surface area contributed by atoms with Crippen molar-refractivity contribution in [2.24, 2.45) is 0 Å². The molecular formula is C22H21ClF3N3O3. The van der Waals surface area contributed by atoms with Gasteiger partial charge in [-0.3, -0.25) is 14.2 Å². The fourth-order valence-corrected chi connectivity index (χ4v) is 3.67. The lowest BCUT2D eigenvalue weighted by atomic mass is 10.1. The van der Waals surface area contributed by atoms with E-state index >= 15 is 0 Å². The van der Waals surface area contributed by atoms with E-state index in [1.807, 2.05) is 0 Å². The van der Waals surface area contributed by atoms with Gasteiger partial charge in [0.15, 0.2) is 0 Å². The molecule has 0 radical (unpaired) electrons. The minimum atomic E-state index is -4.97. The number of hydrogen-bond acceptors (Lipinski definition) is 4. The number of nitrogens with one attached hydrogen (secondary N) is 1. The van der Waals surface area contributed by atoms with Gasteiger partial charge in [-0.15, -0.1) is 0 Å². The molecule has 1 unspecified atom stereocenters. The molecule has 0 fully saturated rings. The molecule has 3 rings (SSSR count). The van der Waals surface area contributed by atoms with Crippen molar-refractivity contribution < 1.29 is 22.7 Å². The number of aryl methyl sites for hydroxylation is 2. The number of nitrogens with zero attached hydrogens (tertiary/aromatic N) is 2. The Balaban J connectivity index is 2.17. The quantitative estimate of drug-likeness (QED) is 0.553. The number of anilines is 1. The van der Waals surface area contributed by atoms with E-state index in [2.05, 4.69) is 10.3 Å². The van der Waals surface area contributed by atoms with Gasteiger partial charge in [-0.05, 0) is 61.7 Å². The molecule has 0 aliphatic rings. The second kappa shape index (κ2) is 8.82. The van der Waals surface area contributed by atoms with E-state index in [1.165, 1.54) is 25.3 Å². The number of halogens is 4. The SMILES string of the molecule is CCC(C(=O)Nc1ccc(OC)c(Cl)c1)n1c(=O)c(C(F)(F)F)nc2cc(C)c(C)cc21. The zero-order valence-electron chi connectivity index (χ0n) is 17.8. The van der Waals surface area contributed by atoms with Crippen LogP contribution >= 0.6 is 11.6 Å². The highest BCUT2D eigenvalue weighted by Crippen LogP contribution is 2.30. The third kappa shape index (κ3) is 4.43. The Morgan fingerprint density at radius 2 is 1.88 bits per heavy atom. The second-order valence-electron chi connectivity index (χ2n) is 7.32. The van der Waals surface area contributed by atoms with Gasteiger partial charge in [0.25, 0.3) is 5.56 Å².